The van der Waals surface area contributed by atoms with Crippen molar-refractivity contribution in [3.8, 4) is 5.75 Å². The van der Waals surface area contributed by atoms with E-state index in [-0.39, 0.29) is 111 Å². The molecule has 2 fully saturated rings. The van der Waals surface area contributed by atoms with Gasteiger partial charge in [-0.15, -0.1) is 0 Å². The average Bonchev–Trinajstić information content (AvgIpc) is 2.30. The van der Waals surface area contributed by atoms with E-state index in [9.17, 15) is 48.6 Å². The second-order valence-corrected chi connectivity index (χ2v) is 26.5. The summed E-state index contributed by atoms with van der Waals surface area (Å²) in [4.78, 5) is 154. The minimum absolute atomic E-state index is 0.0547. The predicted molar refractivity (Wildman–Crippen MR) is 366 cm³/mol. The monoisotopic (exact) mass is 1320 g/mol. The van der Waals surface area contributed by atoms with Crippen molar-refractivity contribution in [1.82, 2.24) is 36.5 Å². The number of Topliss-reactive ketones (excluding diaryl/α,β-unsaturated/α-hetero) is 5. The van der Waals surface area contributed by atoms with E-state index >= 15 is 9.59 Å². The number of carbonyl (C=O) groups is 10. The third kappa shape index (κ3) is 20.9. The van der Waals surface area contributed by atoms with E-state index in [0.29, 0.717) is 69.9 Å². The lowest BCUT2D eigenvalue weighted by Gasteiger charge is -2.29. The molecule has 96 heavy (non-hydrogen) atoms. The summed E-state index contributed by atoms with van der Waals surface area (Å²) in [6.45, 7) is 8.72. The summed E-state index contributed by atoms with van der Waals surface area (Å²) in [5.74, 6) is -8.05. The molecule has 2 aliphatic heterocycles. The van der Waals surface area contributed by atoms with Crippen LogP contribution in [0.3, 0.4) is 0 Å². The second-order valence-electron chi connectivity index (χ2n) is 26.5. The van der Waals surface area contributed by atoms with Crippen molar-refractivity contribution >= 4 is 87.1 Å². The van der Waals surface area contributed by atoms with Crippen LogP contribution in [-0.2, 0) is 67.2 Å². The number of H-pyrrole nitrogens is 1. The summed E-state index contributed by atoms with van der Waals surface area (Å²) in [6.07, 6.45) is 11.1. The van der Waals surface area contributed by atoms with E-state index in [4.69, 9.17) is 11.5 Å². The van der Waals surface area contributed by atoms with Gasteiger partial charge in [0.25, 0.3) is 0 Å². The van der Waals surface area contributed by atoms with E-state index < -0.39 is 96.2 Å². The number of para-hydroxylation sites is 1. The summed E-state index contributed by atoms with van der Waals surface area (Å²) in [6, 6.07) is 15.2. The summed E-state index contributed by atoms with van der Waals surface area (Å²) >= 11 is 0. The van der Waals surface area contributed by atoms with Crippen molar-refractivity contribution in [3.63, 3.8) is 0 Å². The van der Waals surface area contributed by atoms with Crippen molar-refractivity contribution in [2.45, 2.75) is 160 Å². The van der Waals surface area contributed by atoms with Gasteiger partial charge in [0.2, 0.25) is 29.5 Å². The number of amides is 5. The minimum atomic E-state index is -1.56. The van der Waals surface area contributed by atoms with E-state index in [1.54, 1.807) is 35.6 Å². The zero-order valence-corrected chi connectivity index (χ0v) is 55.2. The number of rotatable bonds is 38. The number of aliphatic imine (C=N–C) groups is 2. The van der Waals surface area contributed by atoms with Gasteiger partial charge in [0, 0.05) is 92.3 Å². The predicted octanol–water partition coefficient (Wildman–Crippen LogP) is 5.29. The van der Waals surface area contributed by atoms with Gasteiger partial charge in [0.15, 0.2) is 17.5 Å². The molecule has 2 aliphatic carbocycles. The molecule has 512 valence electrons. The van der Waals surface area contributed by atoms with Gasteiger partial charge in [-0.3, -0.25) is 62.8 Å². The van der Waals surface area contributed by atoms with Crippen molar-refractivity contribution in [1.29, 1.82) is 0 Å². The van der Waals surface area contributed by atoms with Gasteiger partial charge in [-0.05, 0) is 148 Å². The van der Waals surface area contributed by atoms with Crippen molar-refractivity contribution < 1.29 is 58.2 Å². The lowest BCUT2D eigenvalue weighted by Crippen LogP contribution is -2.57. The van der Waals surface area contributed by atoms with Gasteiger partial charge in [-0.1, -0.05) is 86.7 Å². The van der Waals surface area contributed by atoms with Gasteiger partial charge in [-0.2, -0.15) is 0 Å². The Balaban J connectivity index is 1.04. The molecule has 1 aromatic heterocycles. The zero-order valence-electron chi connectivity index (χ0n) is 55.2. The van der Waals surface area contributed by atoms with Crippen LogP contribution in [0.5, 0.6) is 5.75 Å². The summed E-state index contributed by atoms with van der Waals surface area (Å²) < 4.78 is 0. The molecule has 1 saturated heterocycles. The number of benzene rings is 3. The van der Waals surface area contributed by atoms with Crippen molar-refractivity contribution in [2.75, 3.05) is 32.8 Å². The molecule has 0 spiro atoms. The van der Waals surface area contributed by atoms with Crippen LogP contribution in [0.4, 0.5) is 0 Å². The first-order valence-corrected chi connectivity index (χ1v) is 33.5. The van der Waals surface area contributed by atoms with Gasteiger partial charge in [-0.25, -0.2) is 0 Å². The number of aliphatic hydroxyl groups excluding tert-OH is 1. The Morgan fingerprint density at radius 1 is 0.760 bits per heavy atom. The van der Waals surface area contributed by atoms with E-state index in [1.807, 2.05) is 68.5 Å². The second kappa shape index (κ2) is 35.0. The fourth-order valence-corrected chi connectivity index (χ4v) is 13.4. The fourth-order valence-electron chi connectivity index (χ4n) is 13.4. The molecular formula is C73H93N11O12. The molecule has 9 atom stereocenters. The number of carbonyl (C=O) groups excluding carboxylic acids is 10. The minimum Gasteiger partial charge on any atom is -0.508 e. The van der Waals surface area contributed by atoms with Crippen LogP contribution >= 0.6 is 0 Å². The van der Waals surface area contributed by atoms with Crippen LogP contribution < -0.4 is 38.1 Å². The molecule has 23 heteroatoms. The maximum Gasteiger partial charge on any atom is 0.243 e. The fraction of sp³-hybridized carbons (Fsp3) is 0.479. The van der Waals surface area contributed by atoms with E-state index in [0.717, 1.165) is 44.3 Å². The highest BCUT2D eigenvalue weighted by Crippen LogP contribution is 2.36. The number of likely N-dealkylation sites (tertiary alicyclic amines) is 1. The molecule has 9 unspecified atom stereocenters. The van der Waals surface area contributed by atoms with Crippen LogP contribution in [0.2, 0.25) is 0 Å². The first kappa shape index (κ1) is 72.6. The Kier molecular flexibility index (Phi) is 26.4. The van der Waals surface area contributed by atoms with Crippen LogP contribution in [0, 0.1) is 29.6 Å². The van der Waals surface area contributed by atoms with Crippen LogP contribution in [0.15, 0.2) is 119 Å². The molecule has 0 bridgehead atoms. The van der Waals surface area contributed by atoms with Gasteiger partial charge in [0.1, 0.15) is 41.2 Å². The standard InChI is InChI=1S/C73H93N11O12/c1-43(2)29-61(70(94)80-60(15-9-26-77-73(74)75)67(91)41-84-28-10-16-64(84)72(96)79-38-45(4)86)82-71(95)62(35-50-20-19-48-11-5-6-12-57(48)50)81-68(92)52(31-46-17-22-55(87)23-18-46)37-66(90)63(42-85)83-69(93)53(33-54-40-78-59-14-8-7-13-58(54)59)36-65(89)51(32-47-25-27-76-39-47)30-44(3)49-21-24-56(88)34-49/h5-8,11-14,17-18,20,22-23,27,39-40,43,49,51-53,60-64,78,85,87H,3,9-10,15-16,19,21,24-26,28-38,41-42H2,1-2,4H3,(H,79,96)(H,80,94)(H,81,92)(H,82,95)(H,83,93)(H4,74,75,77). The number of fused-ring (bicyclic) bond motifs is 2. The molecule has 12 N–H and O–H groups in total. The topological polar surface area (TPSA) is 367 Å². The zero-order chi connectivity index (χ0) is 69.0. The summed E-state index contributed by atoms with van der Waals surface area (Å²) in [5, 5.41) is 36.3. The number of aromatic nitrogens is 1. The molecular weight excluding hydrogens is 1220 g/mol. The molecule has 1 saturated carbocycles. The molecule has 5 amide bonds. The quantitative estimate of drug-likeness (QED) is 0.0118. The molecule has 23 nitrogen and oxygen atoms in total. The Morgan fingerprint density at radius 2 is 1.45 bits per heavy atom. The Labute approximate surface area is 560 Å². The SMILES string of the molecule is C=C(CC(CC1=CN=CC1)C(=O)CC(Cc1c[nH]c2ccccc12)C(=O)NC(CO)C(=O)CC(Cc1ccc(O)cc1)C(=O)NC(CC1=CCc2ccccc21)C(=O)NC(CC(C)C)C(=O)NC(CCCN=C(N)N)C(=O)CN1CCCC1C(=O)NCC(C)=O)C1CCC(=O)C1. The number of aromatic amines is 1. The smallest absolute Gasteiger partial charge is 0.243 e. The lowest BCUT2D eigenvalue weighted by molar-refractivity contribution is -0.136. The number of hydrogen-bond acceptors (Lipinski definition) is 15. The Morgan fingerprint density at radius 3 is 2.15 bits per heavy atom. The summed E-state index contributed by atoms with van der Waals surface area (Å²) in [7, 11) is 0. The third-order valence-electron chi connectivity index (χ3n) is 18.6. The van der Waals surface area contributed by atoms with E-state index in [1.165, 1.54) is 19.1 Å². The number of phenolic OH excluding ortho intramolecular Hbond substituents is 1. The number of nitrogens with zero attached hydrogens (tertiary/aromatic N) is 3. The highest BCUT2D eigenvalue weighted by atomic mass is 16.3. The normalized spacial score (nSPS) is 18.0. The number of aliphatic hydroxyl groups is 1. The molecule has 4 aromatic rings. The lowest BCUT2D eigenvalue weighted by atomic mass is 9.81. The number of nitrogens with two attached hydrogens (primary N) is 2. The van der Waals surface area contributed by atoms with Gasteiger partial charge >= 0.3 is 0 Å². The number of guanidine groups is 1. The average molecular weight is 1320 g/mol. The number of aromatic hydroxyl groups is 1. The highest BCUT2D eigenvalue weighted by Gasteiger charge is 2.39. The summed E-state index contributed by atoms with van der Waals surface area (Å²) in [5.41, 5.74) is 17.6. The molecule has 8 rings (SSSR count). The highest BCUT2D eigenvalue weighted by molar-refractivity contribution is 5.99. The molecule has 4 aliphatic rings. The molecule has 0 radical (unpaired) electrons. The first-order valence-electron chi connectivity index (χ1n) is 33.5. The largest absolute Gasteiger partial charge is 0.508 e. The molecule has 3 heterocycles. The van der Waals surface area contributed by atoms with Gasteiger partial charge < -0.3 is 53.2 Å². The van der Waals surface area contributed by atoms with Gasteiger partial charge in [0.05, 0.1) is 31.8 Å². The number of nitrogens with one attached hydrogen (secondary N) is 6. The number of hydrogen-bond donors (Lipinski definition) is 10. The maximum atomic E-state index is 15.2. The maximum absolute atomic E-state index is 15.2. The van der Waals surface area contributed by atoms with Crippen molar-refractivity contribution in [2.24, 2.45) is 51.0 Å². The Bertz CT molecular complexity index is 3640. The van der Waals surface area contributed by atoms with Crippen molar-refractivity contribution in [3.05, 3.63) is 131 Å². The van der Waals surface area contributed by atoms with E-state index in [2.05, 4.69) is 48.1 Å². The first-order chi connectivity index (χ1) is 46.0. The number of ketones is 5. The van der Waals surface area contributed by atoms with Crippen LogP contribution in [-0.4, -0.2) is 154 Å². The molecule has 3 aromatic carbocycles. The third-order valence-corrected chi connectivity index (χ3v) is 18.6. The van der Waals surface area contributed by atoms with Crippen LogP contribution in [0.25, 0.3) is 16.5 Å². The number of phenols is 1. The Hall–Kier alpha value is -9.22. The number of allylic oxidation sites excluding steroid dienone is 3. The van der Waals surface area contributed by atoms with Crippen LogP contribution in [0.1, 0.15) is 133 Å².